The summed E-state index contributed by atoms with van der Waals surface area (Å²) in [7, 11) is 1.53. The van der Waals surface area contributed by atoms with E-state index < -0.39 is 0 Å². The fraction of sp³-hybridized carbons (Fsp3) is 0.389. The molecule has 132 valence electrons. The molecule has 1 amide bonds. The van der Waals surface area contributed by atoms with Crippen LogP contribution in [0.5, 0.6) is 0 Å². The molecule has 1 aromatic carbocycles. The largest absolute Gasteiger partial charge is 0.383 e. The molecule has 0 atom stereocenters. The zero-order chi connectivity index (χ0) is 17.8. The topological polar surface area (TPSA) is 64.4 Å². The number of methoxy groups -OCH3 is 1. The number of nitrogens with zero attached hydrogens (tertiary/aromatic N) is 3. The van der Waals surface area contributed by atoms with Gasteiger partial charge in [0.15, 0.2) is 0 Å². The molecule has 6 nitrogen and oxygen atoms in total. The molecule has 0 bridgehead atoms. The van der Waals surface area contributed by atoms with Crippen molar-refractivity contribution < 1.29 is 13.9 Å². The van der Waals surface area contributed by atoms with Crippen molar-refractivity contribution in [2.45, 2.75) is 32.0 Å². The van der Waals surface area contributed by atoms with Gasteiger partial charge in [-0.3, -0.25) is 9.59 Å². The summed E-state index contributed by atoms with van der Waals surface area (Å²) >= 11 is 0. The maximum absolute atomic E-state index is 13.9. The number of rotatable bonds is 7. The summed E-state index contributed by atoms with van der Waals surface area (Å²) in [6.07, 6.45) is 1.78. The molecular weight excluding hydrogens is 325 g/mol. The van der Waals surface area contributed by atoms with Gasteiger partial charge in [-0.1, -0.05) is 18.2 Å². The Kier molecular flexibility index (Phi) is 5.23. The van der Waals surface area contributed by atoms with Crippen molar-refractivity contribution >= 4 is 5.91 Å². The number of ether oxygens (including phenoxy) is 1. The molecule has 0 unspecified atom stereocenters. The first-order chi connectivity index (χ1) is 12.1. The van der Waals surface area contributed by atoms with Crippen molar-refractivity contribution in [1.82, 2.24) is 14.7 Å². The molecule has 0 saturated heterocycles. The number of benzene rings is 1. The number of carbonyl (C=O) groups excluding carboxylic acids is 1. The lowest BCUT2D eigenvalue weighted by molar-refractivity contribution is 0.0718. The second-order valence-corrected chi connectivity index (χ2v) is 6.03. The molecule has 0 N–H and O–H groups in total. The van der Waals surface area contributed by atoms with E-state index in [4.69, 9.17) is 4.74 Å². The Morgan fingerprint density at radius 3 is 2.76 bits per heavy atom. The van der Waals surface area contributed by atoms with Crippen LogP contribution in [-0.4, -0.2) is 40.3 Å². The van der Waals surface area contributed by atoms with Gasteiger partial charge in [0.1, 0.15) is 11.5 Å². The molecule has 0 spiro atoms. The number of hydrogen-bond donors (Lipinski definition) is 0. The van der Waals surface area contributed by atoms with E-state index in [-0.39, 0.29) is 42.1 Å². The number of aromatic nitrogens is 2. The third-order valence-corrected chi connectivity index (χ3v) is 4.14. The Labute approximate surface area is 144 Å². The van der Waals surface area contributed by atoms with Crippen LogP contribution < -0.4 is 5.56 Å². The molecule has 1 aliphatic carbocycles. The molecule has 0 radical (unpaired) electrons. The van der Waals surface area contributed by atoms with Crippen LogP contribution in [0.3, 0.4) is 0 Å². The number of halogens is 1. The summed E-state index contributed by atoms with van der Waals surface area (Å²) < 4.78 is 20.1. The second-order valence-electron chi connectivity index (χ2n) is 6.03. The Bertz CT molecular complexity index is 817. The van der Waals surface area contributed by atoms with Crippen LogP contribution in [0, 0.1) is 5.82 Å². The van der Waals surface area contributed by atoms with E-state index in [9.17, 15) is 14.0 Å². The maximum atomic E-state index is 13.9. The van der Waals surface area contributed by atoms with Gasteiger partial charge in [0.25, 0.3) is 11.5 Å². The first-order valence-electron chi connectivity index (χ1n) is 8.21. The van der Waals surface area contributed by atoms with Gasteiger partial charge in [0, 0.05) is 31.3 Å². The molecule has 0 aliphatic heterocycles. The number of carbonyl (C=O) groups is 1. The predicted octanol–water partition coefficient (Wildman–Crippen LogP) is 1.83. The summed E-state index contributed by atoms with van der Waals surface area (Å²) in [4.78, 5) is 26.3. The van der Waals surface area contributed by atoms with Crippen LogP contribution in [0.25, 0.3) is 0 Å². The van der Waals surface area contributed by atoms with Crippen molar-refractivity contribution in [3.63, 3.8) is 0 Å². The maximum Gasteiger partial charge on any atom is 0.274 e. The molecule has 1 fully saturated rings. The molecule has 2 aromatic rings. The van der Waals surface area contributed by atoms with Crippen molar-refractivity contribution in [2.24, 2.45) is 0 Å². The van der Waals surface area contributed by atoms with Crippen molar-refractivity contribution in [3.05, 3.63) is 63.8 Å². The minimum Gasteiger partial charge on any atom is -0.383 e. The SMILES string of the molecule is COCCn1nc(C(=O)N(Cc2ccccc2F)C2CC2)ccc1=O. The van der Waals surface area contributed by atoms with Crippen molar-refractivity contribution in [3.8, 4) is 0 Å². The normalized spacial score (nSPS) is 13.7. The number of hydrogen-bond acceptors (Lipinski definition) is 4. The Morgan fingerprint density at radius 1 is 1.32 bits per heavy atom. The van der Waals surface area contributed by atoms with Gasteiger partial charge in [-0.2, -0.15) is 5.10 Å². The van der Waals surface area contributed by atoms with E-state index >= 15 is 0 Å². The quantitative estimate of drug-likeness (QED) is 0.768. The average molecular weight is 345 g/mol. The van der Waals surface area contributed by atoms with Crippen molar-refractivity contribution in [2.75, 3.05) is 13.7 Å². The first kappa shape index (κ1) is 17.3. The van der Waals surface area contributed by atoms with Gasteiger partial charge >= 0.3 is 0 Å². The minimum atomic E-state index is -0.334. The summed E-state index contributed by atoms with van der Waals surface area (Å²) in [5.41, 5.74) is 0.357. The second kappa shape index (κ2) is 7.57. The first-order valence-corrected chi connectivity index (χ1v) is 8.21. The van der Waals surface area contributed by atoms with Crippen LogP contribution in [0.1, 0.15) is 28.9 Å². The zero-order valence-electron chi connectivity index (χ0n) is 14.0. The fourth-order valence-electron chi connectivity index (χ4n) is 2.61. The highest BCUT2D eigenvalue weighted by molar-refractivity contribution is 5.92. The third-order valence-electron chi connectivity index (χ3n) is 4.14. The average Bonchev–Trinajstić information content (AvgIpc) is 3.45. The van der Waals surface area contributed by atoms with Crippen molar-refractivity contribution in [1.29, 1.82) is 0 Å². The summed E-state index contributed by atoms with van der Waals surface area (Å²) in [6.45, 7) is 0.786. The van der Waals surface area contributed by atoms with Crippen LogP contribution in [0.4, 0.5) is 4.39 Å². The van der Waals surface area contributed by atoms with Gasteiger partial charge in [-0.15, -0.1) is 0 Å². The van der Waals surface area contributed by atoms with E-state index in [1.165, 1.54) is 30.0 Å². The Balaban J connectivity index is 1.84. The molecule has 7 heteroatoms. The number of amides is 1. The van der Waals surface area contributed by atoms with E-state index in [1.807, 2.05) is 0 Å². The summed E-state index contributed by atoms with van der Waals surface area (Å²) in [5, 5.41) is 4.14. The molecule has 25 heavy (non-hydrogen) atoms. The van der Waals surface area contributed by atoms with Crippen LogP contribution >= 0.6 is 0 Å². The lowest BCUT2D eigenvalue weighted by atomic mass is 10.2. The summed E-state index contributed by atoms with van der Waals surface area (Å²) in [5.74, 6) is -0.629. The van der Waals surface area contributed by atoms with Crippen LogP contribution in [0.2, 0.25) is 0 Å². The smallest absolute Gasteiger partial charge is 0.274 e. The molecule has 3 rings (SSSR count). The molecule has 1 saturated carbocycles. The highest BCUT2D eigenvalue weighted by atomic mass is 19.1. The minimum absolute atomic E-state index is 0.0910. The molecule has 1 aliphatic rings. The van der Waals surface area contributed by atoms with Gasteiger partial charge in [-0.05, 0) is 25.0 Å². The van der Waals surface area contributed by atoms with Gasteiger partial charge in [0.2, 0.25) is 0 Å². The molecular formula is C18H20FN3O3. The van der Waals surface area contributed by atoms with Gasteiger partial charge in [-0.25, -0.2) is 9.07 Å². The summed E-state index contributed by atoms with van der Waals surface area (Å²) in [6, 6.07) is 9.26. The Hall–Kier alpha value is -2.54. The third kappa shape index (κ3) is 4.11. The molecule has 1 aromatic heterocycles. The van der Waals surface area contributed by atoms with Gasteiger partial charge < -0.3 is 9.64 Å². The van der Waals surface area contributed by atoms with Crippen LogP contribution in [-0.2, 0) is 17.8 Å². The highest BCUT2D eigenvalue weighted by Gasteiger charge is 2.34. The van der Waals surface area contributed by atoms with E-state index in [1.54, 1.807) is 23.1 Å². The lowest BCUT2D eigenvalue weighted by Crippen LogP contribution is -2.35. The van der Waals surface area contributed by atoms with E-state index in [2.05, 4.69) is 5.10 Å². The zero-order valence-corrected chi connectivity index (χ0v) is 14.0. The highest BCUT2D eigenvalue weighted by Crippen LogP contribution is 2.29. The predicted molar refractivity (Wildman–Crippen MR) is 89.7 cm³/mol. The Morgan fingerprint density at radius 2 is 2.08 bits per heavy atom. The van der Waals surface area contributed by atoms with Gasteiger partial charge in [0.05, 0.1) is 13.2 Å². The monoisotopic (exact) mass is 345 g/mol. The van der Waals surface area contributed by atoms with E-state index in [0.717, 1.165) is 12.8 Å². The fourth-order valence-corrected chi connectivity index (χ4v) is 2.61. The standard InChI is InChI=1S/C18H20FN3O3/c1-25-11-10-22-17(23)9-8-16(20-22)18(24)21(14-6-7-14)12-13-4-2-3-5-15(13)19/h2-5,8-9,14H,6-7,10-12H2,1H3. The van der Waals surface area contributed by atoms with Crippen LogP contribution in [0.15, 0.2) is 41.2 Å². The lowest BCUT2D eigenvalue weighted by Gasteiger charge is -2.22. The molecule has 1 heterocycles. The van der Waals surface area contributed by atoms with E-state index in [0.29, 0.717) is 12.2 Å².